The van der Waals surface area contributed by atoms with Gasteiger partial charge in [0.1, 0.15) is 10.8 Å². The molecule has 0 bridgehead atoms. The van der Waals surface area contributed by atoms with Crippen LogP contribution < -0.4 is 4.74 Å². The second-order valence-electron chi connectivity index (χ2n) is 6.72. The van der Waals surface area contributed by atoms with Crippen molar-refractivity contribution >= 4 is 27.5 Å². The maximum atomic E-state index is 12.6. The van der Waals surface area contributed by atoms with E-state index in [-0.39, 0.29) is 18.6 Å². The average Bonchev–Trinajstić information content (AvgIpc) is 3.03. The lowest BCUT2D eigenvalue weighted by atomic mass is 10.1. The van der Waals surface area contributed by atoms with Gasteiger partial charge in [-0.15, -0.1) is 11.3 Å². The minimum Gasteiger partial charge on any atom is -0.483 e. The number of rotatable bonds is 5. The van der Waals surface area contributed by atoms with E-state index in [2.05, 4.69) is 30.1 Å². The van der Waals surface area contributed by atoms with Gasteiger partial charge in [-0.1, -0.05) is 29.8 Å². The summed E-state index contributed by atoms with van der Waals surface area (Å²) in [5, 5.41) is 0.935. The molecule has 5 heteroatoms. The van der Waals surface area contributed by atoms with Crippen LogP contribution in [0.25, 0.3) is 10.2 Å². The maximum Gasteiger partial charge on any atom is 0.260 e. The quantitative estimate of drug-likeness (QED) is 0.648. The lowest BCUT2D eigenvalue weighted by Crippen LogP contribution is -2.33. The molecule has 1 aromatic heterocycles. The Morgan fingerprint density at radius 1 is 1.19 bits per heavy atom. The van der Waals surface area contributed by atoms with Gasteiger partial charge in [0.15, 0.2) is 6.61 Å². The van der Waals surface area contributed by atoms with Crippen molar-refractivity contribution in [1.82, 2.24) is 9.88 Å². The molecule has 4 nitrogen and oxygen atoms in total. The highest BCUT2D eigenvalue weighted by Gasteiger charge is 2.21. The third-order valence-corrected chi connectivity index (χ3v) is 5.79. The second kappa shape index (κ2) is 7.46. The molecular formula is C21H24N2O2S. The van der Waals surface area contributed by atoms with E-state index in [0.29, 0.717) is 0 Å². The number of carbonyl (C=O) groups excluding carboxylic acids is 1. The van der Waals surface area contributed by atoms with Crippen molar-refractivity contribution in [3.8, 4) is 5.75 Å². The van der Waals surface area contributed by atoms with Gasteiger partial charge in [0.2, 0.25) is 0 Å². The molecule has 0 aliphatic heterocycles. The monoisotopic (exact) mass is 368 g/mol. The number of aryl methyl sites for hydroxylation is 3. The Morgan fingerprint density at radius 2 is 1.85 bits per heavy atom. The molecule has 0 fully saturated rings. The van der Waals surface area contributed by atoms with Crippen LogP contribution in [0.3, 0.4) is 0 Å². The number of likely N-dealkylation sites (N-methyl/N-ethyl adjacent to an activating group) is 1. The van der Waals surface area contributed by atoms with Gasteiger partial charge < -0.3 is 9.64 Å². The van der Waals surface area contributed by atoms with E-state index in [1.54, 1.807) is 23.3 Å². The van der Waals surface area contributed by atoms with E-state index < -0.39 is 0 Å². The number of thiazole rings is 1. The Hall–Kier alpha value is -2.40. The summed E-state index contributed by atoms with van der Waals surface area (Å²) in [6.07, 6.45) is 0. The highest BCUT2D eigenvalue weighted by atomic mass is 32.1. The summed E-state index contributed by atoms with van der Waals surface area (Å²) >= 11 is 1.63. The number of carbonyl (C=O) groups is 1. The van der Waals surface area contributed by atoms with Crippen LogP contribution in [0.2, 0.25) is 0 Å². The van der Waals surface area contributed by atoms with E-state index in [1.807, 2.05) is 39.0 Å². The van der Waals surface area contributed by atoms with Crippen molar-refractivity contribution < 1.29 is 9.53 Å². The highest BCUT2D eigenvalue weighted by Crippen LogP contribution is 2.29. The largest absolute Gasteiger partial charge is 0.483 e. The molecule has 3 aromatic rings. The number of amides is 1. The lowest BCUT2D eigenvalue weighted by molar-refractivity contribution is -0.134. The zero-order valence-corrected chi connectivity index (χ0v) is 16.7. The van der Waals surface area contributed by atoms with Gasteiger partial charge in [0.25, 0.3) is 5.91 Å². The van der Waals surface area contributed by atoms with E-state index >= 15 is 0 Å². The number of benzene rings is 2. The third kappa shape index (κ3) is 3.73. The zero-order chi connectivity index (χ0) is 18.8. The molecule has 3 rings (SSSR count). The van der Waals surface area contributed by atoms with Crippen LogP contribution in [-0.4, -0.2) is 29.4 Å². The molecule has 1 amide bonds. The van der Waals surface area contributed by atoms with Crippen molar-refractivity contribution in [3.63, 3.8) is 0 Å². The summed E-state index contributed by atoms with van der Waals surface area (Å²) in [5.41, 5.74) is 4.27. The predicted octanol–water partition coefficient (Wildman–Crippen LogP) is 4.82. The first kappa shape index (κ1) is 18.4. The number of aromatic nitrogens is 1. The molecular weight excluding hydrogens is 344 g/mol. The second-order valence-corrected chi connectivity index (χ2v) is 7.78. The summed E-state index contributed by atoms with van der Waals surface area (Å²) in [5.74, 6) is 0.737. The van der Waals surface area contributed by atoms with Gasteiger partial charge >= 0.3 is 0 Å². The molecule has 0 saturated heterocycles. The maximum absolute atomic E-state index is 12.6. The van der Waals surface area contributed by atoms with E-state index in [4.69, 9.17) is 4.74 Å². The molecule has 0 N–H and O–H groups in total. The van der Waals surface area contributed by atoms with E-state index in [9.17, 15) is 4.79 Å². The Morgan fingerprint density at radius 3 is 2.50 bits per heavy atom. The third-order valence-electron chi connectivity index (χ3n) is 4.59. The van der Waals surface area contributed by atoms with Crippen molar-refractivity contribution in [2.75, 3.05) is 13.7 Å². The molecule has 26 heavy (non-hydrogen) atoms. The number of para-hydroxylation sites is 1. The Kier molecular flexibility index (Phi) is 5.28. The minimum absolute atomic E-state index is 0.0243. The molecule has 136 valence electrons. The first-order valence-corrected chi connectivity index (χ1v) is 9.50. The summed E-state index contributed by atoms with van der Waals surface area (Å²) in [7, 11) is 1.80. The number of hydrogen-bond acceptors (Lipinski definition) is 4. The van der Waals surface area contributed by atoms with E-state index in [0.717, 1.165) is 32.1 Å². The first-order chi connectivity index (χ1) is 12.4. The smallest absolute Gasteiger partial charge is 0.260 e. The Bertz CT molecular complexity index is 892. The SMILES string of the molecule is Cc1cc(C)c(OCC(=O)N(C)[C@@H](C)c2nc3ccccc3s2)c(C)c1. The average molecular weight is 369 g/mol. The van der Waals surface area contributed by atoms with Crippen LogP contribution in [0.1, 0.15) is 34.7 Å². The Balaban J connectivity index is 1.69. The lowest BCUT2D eigenvalue weighted by Gasteiger charge is -2.23. The topological polar surface area (TPSA) is 42.4 Å². The normalized spacial score (nSPS) is 12.2. The highest BCUT2D eigenvalue weighted by molar-refractivity contribution is 7.18. The molecule has 1 heterocycles. The minimum atomic E-state index is -0.0938. The van der Waals surface area contributed by atoms with Crippen LogP contribution in [0, 0.1) is 20.8 Å². The fraction of sp³-hybridized carbons (Fsp3) is 0.333. The first-order valence-electron chi connectivity index (χ1n) is 8.68. The summed E-state index contributed by atoms with van der Waals surface area (Å²) in [6.45, 7) is 8.09. The van der Waals surface area contributed by atoms with Crippen molar-refractivity contribution in [1.29, 1.82) is 0 Å². The molecule has 0 aliphatic carbocycles. The van der Waals surface area contributed by atoms with E-state index in [1.165, 1.54) is 5.56 Å². The number of ether oxygens (including phenoxy) is 1. The van der Waals surface area contributed by atoms with Gasteiger partial charge in [-0.05, 0) is 51.0 Å². The van der Waals surface area contributed by atoms with Crippen molar-refractivity contribution in [2.24, 2.45) is 0 Å². The van der Waals surface area contributed by atoms with Gasteiger partial charge in [-0.25, -0.2) is 4.98 Å². The number of hydrogen-bond donors (Lipinski definition) is 0. The summed E-state index contributed by atoms with van der Waals surface area (Å²) in [4.78, 5) is 19.0. The molecule has 0 unspecified atom stereocenters. The van der Waals surface area contributed by atoms with Crippen LogP contribution in [0.15, 0.2) is 36.4 Å². The predicted molar refractivity (Wildman–Crippen MR) is 107 cm³/mol. The summed E-state index contributed by atoms with van der Waals surface area (Å²) < 4.78 is 6.98. The molecule has 1 atom stereocenters. The van der Waals surface area contributed by atoms with Gasteiger partial charge in [-0.3, -0.25) is 4.79 Å². The van der Waals surface area contributed by atoms with Crippen molar-refractivity contribution in [3.05, 3.63) is 58.1 Å². The molecule has 2 aromatic carbocycles. The molecule has 0 radical (unpaired) electrons. The van der Waals surface area contributed by atoms with Crippen LogP contribution in [0.5, 0.6) is 5.75 Å². The van der Waals surface area contributed by atoms with Gasteiger partial charge in [0, 0.05) is 7.05 Å². The van der Waals surface area contributed by atoms with Crippen LogP contribution in [-0.2, 0) is 4.79 Å². The van der Waals surface area contributed by atoms with Gasteiger partial charge in [0.05, 0.1) is 16.3 Å². The van der Waals surface area contributed by atoms with Crippen LogP contribution in [0.4, 0.5) is 0 Å². The fourth-order valence-corrected chi connectivity index (χ4v) is 4.14. The molecule has 0 saturated carbocycles. The summed E-state index contributed by atoms with van der Waals surface area (Å²) in [6, 6.07) is 12.1. The van der Waals surface area contributed by atoms with Crippen molar-refractivity contribution in [2.45, 2.75) is 33.7 Å². The molecule has 0 aliphatic rings. The zero-order valence-electron chi connectivity index (χ0n) is 15.9. The standard InChI is InChI=1S/C21H24N2O2S/c1-13-10-14(2)20(15(3)11-13)25-12-19(24)23(5)16(4)21-22-17-8-6-7-9-18(17)26-21/h6-11,16H,12H2,1-5H3/t16-/m0/s1. The van der Waals surface area contributed by atoms with Crippen LogP contribution >= 0.6 is 11.3 Å². The number of fused-ring (bicyclic) bond motifs is 1. The fourth-order valence-electron chi connectivity index (χ4n) is 3.08. The molecule has 0 spiro atoms. The van der Waals surface area contributed by atoms with Gasteiger partial charge in [-0.2, -0.15) is 0 Å². The Labute approximate surface area is 158 Å². The number of nitrogens with zero attached hydrogens (tertiary/aromatic N) is 2.